The van der Waals surface area contributed by atoms with Gasteiger partial charge < -0.3 is 15.3 Å². The number of alkyl halides is 3. The maximum absolute atomic E-state index is 12.9. The van der Waals surface area contributed by atoms with Crippen molar-refractivity contribution in [1.82, 2.24) is 20.0 Å². The van der Waals surface area contributed by atoms with E-state index in [-0.39, 0.29) is 6.61 Å². The lowest BCUT2D eigenvalue weighted by Gasteiger charge is -2.36. The van der Waals surface area contributed by atoms with Gasteiger partial charge in [-0.2, -0.15) is 18.3 Å². The van der Waals surface area contributed by atoms with E-state index in [1.165, 1.54) is 12.1 Å². The van der Waals surface area contributed by atoms with Crippen molar-refractivity contribution in [2.45, 2.75) is 19.3 Å². The fourth-order valence-corrected chi connectivity index (χ4v) is 3.30. The van der Waals surface area contributed by atoms with E-state index in [9.17, 15) is 13.2 Å². The van der Waals surface area contributed by atoms with Crippen molar-refractivity contribution < 1.29 is 18.3 Å². The number of piperazine rings is 1. The summed E-state index contributed by atoms with van der Waals surface area (Å²) in [5, 5.41) is 16.4. The average Bonchev–Trinajstić information content (AvgIpc) is 3.13. The standard InChI is InChI=1S/C19H26F3N5O/c20-19(21,22)17-2-1-3-18(12-17)26-8-6-25(7-9-26)5-4-23-13-16-14-24-27(15-16)10-11-28/h1-3,12,14-15,23,28H,4-11,13H2. The number of anilines is 1. The molecule has 1 aliphatic heterocycles. The molecule has 0 bridgehead atoms. The van der Waals surface area contributed by atoms with Gasteiger partial charge in [-0.1, -0.05) is 6.07 Å². The van der Waals surface area contributed by atoms with E-state index in [1.54, 1.807) is 16.9 Å². The summed E-state index contributed by atoms with van der Waals surface area (Å²) in [6, 6.07) is 5.55. The van der Waals surface area contributed by atoms with Gasteiger partial charge in [0.2, 0.25) is 0 Å². The number of aromatic nitrogens is 2. The molecule has 2 N–H and O–H groups in total. The lowest BCUT2D eigenvalue weighted by atomic mass is 10.1. The molecule has 1 aliphatic rings. The first kappa shape index (κ1) is 20.6. The second-order valence-electron chi connectivity index (χ2n) is 6.89. The highest BCUT2D eigenvalue weighted by atomic mass is 19.4. The third-order valence-electron chi connectivity index (χ3n) is 4.86. The van der Waals surface area contributed by atoms with Crippen molar-refractivity contribution in [2.75, 3.05) is 50.8 Å². The van der Waals surface area contributed by atoms with Crippen LogP contribution in [-0.4, -0.2) is 65.7 Å². The molecule has 0 radical (unpaired) electrons. The normalized spacial score (nSPS) is 15.9. The highest BCUT2D eigenvalue weighted by molar-refractivity contribution is 5.49. The Morgan fingerprint density at radius 3 is 2.61 bits per heavy atom. The molecule has 0 spiro atoms. The first-order valence-electron chi connectivity index (χ1n) is 9.43. The number of halogens is 3. The van der Waals surface area contributed by atoms with E-state index in [1.807, 2.05) is 11.1 Å². The van der Waals surface area contributed by atoms with Gasteiger partial charge in [0.25, 0.3) is 0 Å². The van der Waals surface area contributed by atoms with E-state index < -0.39 is 11.7 Å². The minimum Gasteiger partial charge on any atom is -0.394 e. The number of nitrogens with one attached hydrogen (secondary N) is 1. The molecule has 0 amide bonds. The summed E-state index contributed by atoms with van der Waals surface area (Å²) < 4.78 is 40.4. The Balaban J connectivity index is 1.38. The fraction of sp³-hybridized carbons (Fsp3) is 0.526. The van der Waals surface area contributed by atoms with Crippen molar-refractivity contribution in [1.29, 1.82) is 0 Å². The predicted octanol–water partition coefficient (Wildman–Crippen LogP) is 1.81. The maximum Gasteiger partial charge on any atom is 0.416 e. The summed E-state index contributed by atoms with van der Waals surface area (Å²) in [6.07, 6.45) is -0.606. The zero-order valence-electron chi connectivity index (χ0n) is 15.7. The molecule has 28 heavy (non-hydrogen) atoms. The van der Waals surface area contributed by atoms with E-state index in [2.05, 4.69) is 15.3 Å². The Kier molecular flexibility index (Phi) is 6.93. The first-order valence-corrected chi connectivity index (χ1v) is 9.43. The Morgan fingerprint density at radius 2 is 1.89 bits per heavy atom. The molecule has 0 atom stereocenters. The molecule has 1 aromatic carbocycles. The van der Waals surface area contributed by atoms with E-state index in [4.69, 9.17) is 5.11 Å². The Hall–Kier alpha value is -2.10. The van der Waals surface area contributed by atoms with Crippen LogP contribution >= 0.6 is 0 Å². The van der Waals surface area contributed by atoms with Crippen molar-refractivity contribution in [3.8, 4) is 0 Å². The molecule has 2 aromatic rings. The molecule has 1 aromatic heterocycles. The quantitative estimate of drug-likeness (QED) is 0.666. The summed E-state index contributed by atoms with van der Waals surface area (Å²) in [6.45, 7) is 6.09. The molecule has 1 fully saturated rings. The average molecular weight is 397 g/mol. The number of rotatable bonds is 8. The topological polar surface area (TPSA) is 56.6 Å². The lowest BCUT2D eigenvalue weighted by molar-refractivity contribution is -0.137. The zero-order chi connectivity index (χ0) is 20.0. The van der Waals surface area contributed by atoms with Crippen LogP contribution in [0.1, 0.15) is 11.1 Å². The molecule has 2 heterocycles. The molecule has 0 unspecified atom stereocenters. The van der Waals surface area contributed by atoms with Gasteiger partial charge in [-0.3, -0.25) is 9.58 Å². The van der Waals surface area contributed by atoms with Crippen LogP contribution in [0.5, 0.6) is 0 Å². The third kappa shape index (κ3) is 5.70. The molecular weight excluding hydrogens is 371 g/mol. The number of hydrogen-bond acceptors (Lipinski definition) is 5. The molecule has 9 heteroatoms. The highest BCUT2D eigenvalue weighted by Crippen LogP contribution is 2.31. The summed E-state index contributed by atoms with van der Waals surface area (Å²) in [4.78, 5) is 4.32. The van der Waals surface area contributed by atoms with Crippen LogP contribution < -0.4 is 10.2 Å². The van der Waals surface area contributed by atoms with Gasteiger partial charge in [-0.25, -0.2) is 0 Å². The minimum absolute atomic E-state index is 0.0705. The van der Waals surface area contributed by atoms with Gasteiger partial charge in [-0.15, -0.1) is 0 Å². The van der Waals surface area contributed by atoms with Crippen LogP contribution in [-0.2, 0) is 19.3 Å². The van der Waals surface area contributed by atoms with Crippen LogP contribution in [0.3, 0.4) is 0 Å². The van der Waals surface area contributed by atoms with Gasteiger partial charge in [-0.05, 0) is 18.2 Å². The number of nitrogens with zero attached hydrogens (tertiary/aromatic N) is 4. The van der Waals surface area contributed by atoms with Gasteiger partial charge in [0, 0.05) is 63.3 Å². The molecule has 0 saturated carbocycles. The molecular formula is C19H26F3N5O. The summed E-state index contributed by atoms with van der Waals surface area (Å²) >= 11 is 0. The van der Waals surface area contributed by atoms with E-state index in [0.29, 0.717) is 12.2 Å². The maximum atomic E-state index is 12.9. The number of hydrogen-bond donors (Lipinski definition) is 2. The lowest BCUT2D eigenvalue weighted by Crippen LogP contribution is -2.48. The Labute approximate surface area is 162 Å². The largest absolute Gasteiger partial charge is 0.416 e. The Morgan fingerprint density at radius 1 is 1.11 bits per heavy atom. The molecule has 0 aliphatic carbocycles. The highest BCUT2D eigenvalue weighted by Gasteiger charge is 2.31. The van der Waals surface area contributed by atoms with Crippen LogP contribution in [0.4, 0.5) is 18.9 Å². The van der Waals surface area contributed by atoms with Crippen LogP contribution in [0, 0.1) is 0 Å². The van der Waals surface area contributed by atoms with Crippen molar-refractivity contribution in [3.05, 3.63) is 47.8 Å². The predicted molar refractivity (Wildman–Crippen MR) is 101 cm³/mol. The van der Waals surface area contributed by atoms with Gasteiger partial charge >= 0.3 is 6.18 Å². The zero-order valence-corrected chi connectivity index (χ0v) is 15.7. The first-order chi connectivity index (χ1) is 13.5. The summed E-state index contributed by atoms with van der Waals surface area (Å²) in [7, 11) is 0. The van der Waals surface area contributed by atoms with Crippen LogP contribution in [0.15, 0.2) is 36.7 Å². The summed E-state index contributed by atoms with van der Waals surface area (Å²) in [5.74, 6) is 0. The summed E-state index contributed by atoms with van der Waals surface area (Å²) in [5.41, 5.74) is 1.11. The Bertz CT molecular complexity index is 741. The molecule has 1 saturated heterocycles. The monoisotopic (exact) mass is 397 g/mol. The van der Waals surface area contributed by atoms with Crippen LogP contribution in [0.25, 0.3) is 0 Å². The van der Waals surface area contributed by atoms with Gasteiger partial charge in [0.1, 0.15) is 0 Å². The minimum atomic E-state index is -4.31. The van der Waals surface area contributed by atoms with E-state index >= 15 is 0 Å². The van der Waals surface area contributed by atoms with Crippen molar-refractivity contribution in [2.24, 2.45) is 0 Å². The molecule has 154 valence electrons. The number of aliphatic hydroxyl groups excluding tert-OH is 1. The second kappa shape index (κ2) is 9.40. The fourth-order valence-electron chi connectivity index (χ4n) is 3.30. The number of benzene rings is 1. The number of aliphatic hydroxyl groups is 1. The van der Waals surface area contributed by atoms with Crippen molar-refractivity contribution in [3.63, 3.8) is 0 Å². The van der Waals surface area contributed by atoms with E-state index in [0.717, 1.165) is 57.4 Å². The van der Waals surface area contributed by atoms with Crippen LogP contribution in [0.2, 0.25) is 0 Å². The third-order valence-corrected chi connectivity index (χ3v) is 4.86. The SMILES string of the molecule is OCCn1cc(CNCCN2CCN(c3cccc(C(F)(F)F)c3)CC2)cn1. The molecule has 6 nitrogen and oxygen atoms in total. The van der Waals surface area contributed by atoms with Crippen molar-refractivity contribution >= 4 is 5.69 Å². The molecule has 3 rings (SSSR count). The van der Waals surface area contributed by atoms with Gasteiger partial charge in [0.15, 0.2) is 0 Å². The smallest absolute Gasteiger partial charge is 0.394 e. The second-order valence-corrected chi connectivity index (χ2v) is 6.89. The van der Waals surface area contributed by atoms with Gasteiger partial charge in [0.05, 0.1) is 24.9 Å².